The fourth-order valence-corrected chi connectivity index (χ4v) is 3.20. The topological polar surface area (TPSA) is 121 Å². The predicted octanol–water partition coefficient (Wildman–Crippen LogP) is 0.187. The molecule has 7 nitrogen and oxygen atoms in total. The fraction of sp³-hybridized carbons (Fsp3) is 0.429. The molecule has 0 saturated heterocycles. The van der Waals surface area contributed by atoms with Crippen molar-refractivity contribution in [3.63, 3.8) is 0 Å². The highest BCUT2D eigenvalue weighted by atomic mass is 32.2. The first-order valence-electron chi connectivity index (χ1n) is 6.67. The number of rotatable bonds is 7. The van der Waals surface area contributed by atoms with Crippen LogP contribution < -0.4 is 5.32 Å². The summed E-state index contributed by atoms with van der Waals surface area (Å²) in [5.74, 6) is -4.30. The van der Waals surface area contributed by atoms with Crippen LogP contribution in [0.25, 0.3) is 0 Å². The van der Waals surface area contributed by atoms with Crippen molar-refractivity contribution < 1.29 is 32.6 Å². The number of halogens is 1. The Morgan fingerprint density at radius 2 is 1.83 bits per heavy atom. The molecule has 0 bridgehead atoms. The van der Waals surface area contributed by atoms with Crippen molar-refractivity contribution in [2.75, 3.05) is 12.3 Å². The minimum absolute atomic E-state index is 0.115. The lowest BCUT2D eigenvalue weighted by atomic mass is 10.1. The van der Waals surface area contributed by atoms with Crippen molar-refractivity contribution in [2.45, 2.75) is 24.3 Å². The number of amides is 1. The summed E-state index contributed by atoms with van der Waals surface area (Å²) in [6.07, 6.45) is 0. The van der Waals surface area contributed by atoms with Crippen LogP contribution in [-0.4, -0.2) is 48.4 Å². The average molecular weight is 347 g/mol. The molecule has 0 aromatic heterocycles. The second-order valence-electron chi connectivity index (χ2n) is 5.43. The monoisotopic (exact) mass is 347 g/mol. The molecule has 0 radical (unpaired) electrons. The molecule has 3 N–H and O–H groups in total. The van der Waals surface area contributed by atoms with Gasteiger partial charge in [0.05, 0.1) is 17.2 Å². The van der Waals surface area contributed by atoms with Crippen molar-refractivity contribution in [3.05, 3.63) is 30.1 Å². The van der Waals surface area contributed by atoms with Gasteiger partial charge in [0.1, 0.15) is 5.82 Å². The summed E-state index contributed by atoms with van der Waals surface area (Å²) in [6, 6.07) is 4.21. The number of hydrogen-bond acceptors (Lipinski definition) is 5. The Morgan fingerprint density at radius 3 is 2.30 bits per heavy atom. The molecule has 9 heteroatoms. The van der Waals surface area contributed by atoms with Crippen LogP contribution in [0.15, 0.2) is 29.2 Å². The van der Waals surface area contributed by atoms with Gasteiger partial charge in [-0.1, -0.05) is 6.92 Å². The van der Waals surface area contributed by atoms with Crippen molar-refractivity contribution in [2.24, 2.45) is 5.92 Å². The molecule has 2 atom stereocenters. The Kier molecular flexibility index (Phi) is 5.84. The second kappa shape index (κ2) is 7.05. The largest absolute Gasteiger partial charge is 0.479 e. The minimum atomic E-state index is -3.80. The molecule has 0 heterocycles. The van der Waals surface area contributed by atoms with Gasteiger partial charge in [-0.15, -0.1) is 0 Å². The van der Waals surface area contributed by atoms with E-state index in [1.54, 1.807) is 0 Å². The van der Waals surface area contributed by atoms with E-state index < -0.39 is 51.3 Å². The average Bonchev–Trinajstić information content (AvgIpc) is 2.44. The highest BCUT2D eigenvalue weighted by Gasteiger charge is 2.31. The van der Waals surface area contributed by atoms with Crippen LogP contribution in [-0.2, 0) is 19.4 Å². The highest BCUT2D eigenvalue weighted by molar-refractivity contribution is 7.91. The Balaban J connectivity index is 2.71. The van der Waals surface area contributed by atoms with E-state index in [-0.39, 0.29) is 4.90 Å². The molecule has 0 aliphatic heterocycles. The van der Waals surface area contributed by atoms with Crippen LogP contribution in [0.5, 0.6) is 0 Å². The molecule has 1 rings (SSSR count). The van der Waals surface area contributed by atoms with Gasteiger partial charge in [0.15, 0.2) is 15.4 Å². The number of aliphatic hydroxyl groups is 1. The number of sulfone groups is 1. The molecule has 0 saturated carbocycles. The zero-order chi connectivity index (χ0) is 17.8. The summed E-state index contributed by atoms with van der Waals surface area (Å²) < 4.78 is 37.1. The standard InChI is InChI=1S/C14H18FNO6S/c1-9(12(17)16-8-14(2,20)13(18)19)7-23(21,22)11-5-3-10(15)4-6-11/h3-6,9,20H,7-8H2,1-2H3,(H,16,17)(H,18,19). The van der Waals surface area contributed by atoms with Crippen molar-refractivity contribution in [1.82, 2.24) is 5.32 Å². The third kappa shape index (κ3) is 5.29. The number of carboxylic acids is 1. The van der Waals surface area contributed by atoms with E-state index in [0.717, 1.165) is 31.2 Å². The van der Waals surface area contributed by atoms with Crippen LogP contribution >= 0.6 is 0 Å². The molecule has 23 heavy (non-hydrogen) atoms. The van der Waals surface area contributed by atoms with Gasteiger partial charge in [0.2, 0.25) is 5.91 Å². The number of carbonyl (C=O) groups excluding carboxylic acids is 1. The van der Waals surface area contributed by atoms with E-state index in [4.69, 9.17) is 5.11 Å². The predicted molar refractivity (Wildman–Crippen MR) is 78.9 cm³/mol. The number of nitrogens with one attached hydrogen (secondary N) is 1. The van der Waals surface area contributed by atoms with Crippen LogP contribution in [0.3, 0.4) is 0 Å². The second-order valence-corrected chi connectivity index (χ2v) is 7.47. The Morgan fingerprint density at radius 1 is 1.30 bits per heavy atom. The van der Waals surface area contributed by atoms with Crippen LogP contribution in [0.2, 0.25) is 0 Å². The first-order chi connectivity index (χ1) is 10.5. The zero-order valence-corrected chi connectivity index (χ0v) is 13.4. The molecule has 0 aliphatic rings. The normalized spacial score (nSPS) is 15.5. The summed E-state index contributed by atoms with van der Waals surface area (Å²) in [6.45, 7) is 1.81. The molecule has 0 fully saturated rings. The van der Waals surface area contributed by atoms with Crippen molar-refractivity contribution >= 4 is 21.7 Å². The minimum Gasteiger partial charge on any atom is -0.479 e. The first kappa shape index (κ1) is 19.0. The molecular weight excluding hydrogens is 329 g/mol. The van der Waals surface area contributed by atoms with Crippen LogP contribution in [0.4, 0.5) is 4.39 Å². The van der Waals surface area contributed by atoms with E-state index in [2.05, 4.69) is 5.32 Å². The Hall–Kier alpha value is -2.00. The van der Waals surface area contributed by atoms with Gasteiger partial charge in [0.25, 0.3) is 0 Å². The van der Waals surface area contributed by atoms with E-state index in [1.165, 1.54) is 6.92 Å². The van der Waals surface area contributed by atoms with E-state index in [0.29, 0.717) is 0 Å². The van der Waals surface area contributed by atoms with Crippen molar-refractivity contribution in [1.29, 1.82) is 0 Å². The lowest BCUT2D eigenvalue weighted by molar-refractivity contribution is -0.156. The van der Waals surface area contributed by atoms with Gasteiger partial charge in [0, 0.05) is 5.92 Å². The van der Waals surface area contributed by atoms with Gasteiger partial charge in [-0.25, -0.2) is 17.6 Å². The third-order valence-corrected chi connectivity index (χ3v) is 5.09. The third-order valence-electron chi connectivity index (χ3n) is 3.16. The lowest BCUT2D eigenvalue weighted by Crippen LogP contribution is -2.48. The first-order valence-corrected chi connectivity index (χ1v) is 8.33. The molecule has 1 amide bonds. The van der Waals surface area contributed by atoms with Crippen LogP contribution in [0, 0.1) is 11.7 Å². The summed E-state index contributed by atoms with van der Waals surface area (Å²) >= 11 is 0. The SMILES string of the molecule is CC(CS(=O)(=O)c1ccc(F)cc1)C(=O)NCC(C)(O)C(=O)O. The summed E-state index contributed by atoms with van der Waals surface area (Å²) in [7, 11) is -3.80. The number of carbonyl (C=O) groups is 2. The number of carboxylic acid groups (broad SMARTS) is 1. The van der Waals surface area contributed by atoms with E-state index in [1.807, 2.05) is 0 Å². The van der Waals surface area contributed by atoms with Gasteiger partial charge in [-0.3, -0.25) is 4.79 Å². The number of benzene rings is 1. The molecule has 1 aromatic carbocycles. The van der Waals surface area contributed by atoms with Crippen LogP contribution in [0.1, 0.15) is 13.8 Å². The summed E-state index contributed by atoms with van der Waals surface area (Å²) in [4.78, 5) is 22.4. The van der Waals surface area contributed by atoms with Gasteiger partial charge >= 0.3 is 5.97 Å². The quantitative estimate of drug-likeness (QED) is 0.606. The van der Waals surface area contributed by atoms with E-state index in [9.17, 15) is 27.5 Å². The number of aliphatic carboxylic acids is 1. The molecular formula is C14H18FNO6S. The van der Waals surface area contributed by atoms with E-state index >= 15 is 0 Å². The van der Waals surface area contributed by atoms with Gasteiger partial charge in [-0.2, -0.15) is 0 Å². The number of hydrogen-bond donors (Lipinski definition) is 3. The van der Waals surface area contributed by atoms with Gasteiger partial charge < -0.3 is 15.5 Å². The maximum Gasteiger partial charge on any atom is 0.337 e. The smallest absolute Gasteiger partial charge is 0.337 e. The molecule has 2 unspecified atom stereocenters. The Labute approximate surface area is 133 Å². The maximum atomic E-state index is 12.8. The fourth-order valence-electron chi connectivity index (χ4n) is 1.65. The van der Waals surface area contributed by atoms with Crippen molar-refractivity contribution in [3.8, 4) is 0 Å². The summed E-state index contributed by atoms with van der Waals surface area (Å²) in [5, 5.41) is 20.4. The van der Waals surface area contributed by atoms with Gasteiger partial charge in [-0.05, 0) is 31.2 Å². The molecule has 0 spiro atoms. The Bertz CT molecular complexity index is 684. The highest BCUT2D eigenvalue weighted by Crippen LogP contribution is 2.15. The molecule has 128 valence electrons. The lowest BCUT2D eigenvalue weighted by Gasteiger charge is -2.20. The zero-order valence-electron chi connectivity index (χ0n) is 12.6. The summed E-state index contributed by atoms with van der Waals surface area (Å²) in [5.41, 5.74) is -2.15. The molecule has 1 aromatic rings. The maximum absolute atomic E-state index is 12.8. The molecule has 0 aliphatic carbocycles.